The largest absolute Gasteiger partial charge is 0.477 e. The summed E-state index contributed by atoms with van der Waals surface area (Å²) in [6.45, 7) is 4.96. The van der Waals surface area contributed by atoms with Crippen LogP contribution in [0.15, 0.2) is 12.4 Å². The lowest BCUT2D eigenvalue weighted by Crippen LogP contribution is -2.06. The van der Waals surface area contributed by atoms with Crippen molar-refractivity contribution < 1.29 is 4.74 Å². The van der Waals surface area contributed by atoms with Gasteiger partial charge in [0.1, 0.15) is 0 Å². The van der Waals surface area contributed by atoms with Gasteiger partial charge in [0.05, 0.1) is 18.5 Å². The molecule has 0 spiro atoms. The second kappa shape index (κ2) is 7.60. The third-order valence-corrected chi connectivity index (χ3v) is 2.93. The van der Waals surface area contributed by atoms with Crippen LogP contribution in [0.5, 0.6) is 5.88 Å². The molecule has 0 saturated carbocycles. The molecule has 0 fully saturated rings. The molecule has 1 aromatic rings. The van der Waals surface area contributed by atoms with Crippen molar-refractivity contribution in [2.24, 2.45) is 0 Å². The van der Waals surface area contributed by atoms with E-state index in [-0.39, 0.29) is 0 Å². The summed E-state index contributed by atoms with van der Waals surface area (Å²) in [4.78, 5) is 9.04. The lowest BCUT2D eigenvalue weighted by atomic mass is 10.2. The Morgan fingerprint density at radius 3 is 2.81 bits per heavy atom. The lowest BCUT2D eigenvalue weighted by molar-refractivity contribution is 0.303. The zero-order valence-corrected chi connectivity index (χ0v) is 11.5. The molecule has 0 amide bonds. The Kier molecular flexibility index (Phi) is 6.38. The number of aromatic nitrogens is 2. The van der Waals surface area contributed by atoms with Gasteiger partial charge in [-0.2, -0.15) is 0 Å². The first-order valence-corrected chi connectivity index (χ1v) is 6.75. The molecule has 0 N–H and O–H groups in total. The van der Waals surface area contributed by atoms with Gasteiger partial charge in [-0.1, -0.05) is 36.2 Å². The first-order chi connectivity index (χ1) is 7.76. The maximum absolute atomic E-state index is 5.45. The summed E-state index contributed by atoms with van der Waals surface area (Å²) in [6, 6.07) is 0. The van der Waals surface area contributed by atoms with Gasteiger partial charge in [0.15, 0.2) is 0 Å². The minimum absolute atomic E-state index is 0.480. The van der Waals surface area contributed by atoms with Crippen molar-refractivity contribution in [3.63, 3.8) is 0 Å². The molecule has 0 aromatic carbocycles. The van der Waals surface area contributed by atoms with E-state index >= 15 is 0 Å². The molecule has 0 aliphatic heterocycles. The maximum Gasteiger partial charge on any atom is 0.232 e. The van der Waals surface area contributed by atoms with Crippen LogP contribution in [0.1, 0.15) is 38.8 Å². The summed E-state index contributed by atoms with van der Waals surface area (Å²) in [7, 11) is 0. The molecule has 1 atom stereocenters. The Balaban J connectivity index is 2.52. The molecular formula is C12H19BrN2O. The van der Waals surface area contributed by atoms with Crippen LogP contribution in [-0.4, -0.2) is 21.4 Å². The highest BCUT2D eigenvalue weighted by molar-refractivity contribution is 9.09. The Morgan fingerprint density at radius 2 is 2.12 bits per heavy atom. The van der Waals surface area contributed by atoms with Crippen LogP contribution in [0, 0.1) is 0 Å². The second-order valence-electron chi connectivity index (χ2n) is 3.79. The molecule has 0 radical (unpaired) electrons. The predicted molar refractivity (Wildman–Crippen MR) is 69.1 cm³/mol. The van der Waals surface area contributed by atoms with Crippen molar-refractivity contribution in [1.29, 1.82) is 0 Å². The molecule has 0 aliphatic rings. The van der Waals surface area contributed by atoms with Gasteiger partial charge in [-0.15, -0.1) is 0 Å². The average Bonchev–Trinajstić information content (AvgIpc) is 2.27. The zero-order valence-electron chi connectivity index (χ0n) is 9.95. The van der Waals surface area contributed by atoms with E-state index in [0.717, 1.165) is 25.0 Å². The molecule has 90 valence electrons. The third kappa shape index (κ3) is 4.92. The number of alkyl halides is 1. The molecule has 0 aliphatic carbocycles. The normalized spacial score (nSPS) is 12.4. The van der Waals surface area contributed by atoms with E-state index in [1.54, 1.807) is 6.20 Å². The van der Waals surface area contributed by atoms with Crippen molar-refractivity contribution in [3.8, 4) is 5.88 Å². The highest BCUT2D eigenvalue weighted by Crippen LogP contribution is 2.14. The summed E-state index contributed by atoms with van der Waals surface area (Å²) in [5, 5.41) is 0. The van der Waals surface area contributed by atoms with Crippen LogP contribution in [0.4, 0.5) is 0 Å². The lowest BCUT2D eigenvalue weighted by Gasteiger charge is -2.08. The fourth-order valence-corrected chi connectivity index (χ4v) is 2.19. The van der Waals surface area contributed by atoms with Crippen LogP contribution < -0.4 is 4.74 Å². The predicted octanol–water partition coefficient (Wildman–Crippen LogP) is 3.37. The summed E-state index contributed by atoms with van der Waals surface area (Å²) in [5.41, 5.74) is 0.990. The summed E-state index contributed by atoms with van der Waals surface area (Å²) >= 11 is 3.64. The number of ether oxygens (including phenoxy) is 1. The van der Waals surface area contributed by atoms with Crippen LogP contribution in [0.3, 0.4) is 0 Å². The van der Waals surface area contributed by atoms with Crippen molar-refractivity contribution in [2.75, 3.05) is 6.61 Å². The van der Waals surface area contributed by atoms with Gasteiger partial charge in [0.2, 0.25) is 5.88 Å². The first kappa shape index (κ1) is 13.4. The maximum atomic E-state index is 5.45. The number of hydrogen-bond donors (Lipinski definition) is 0. The minimum atomic E-state index is 0.480. The van der Waals surface area contributed by atoms with E-state index < -0.39 is 0 Å². The second-order valence-corrected chi connectivity index (χ2v) is 5.08. The number of hydrogen-bond acceptors (Lipinski definition) is 3. The van der Waals surface area contributed by atoms with Gasteiger partial charge in [-0.25, -0.2) is 4.98 Å². The molecule has 1 aromatic heterocycles. The van der Waals surface area contributed by atoms with Crippen LogP contribution in [-0.2, 0) is 6.42 Å². The number of nitrogens with zero attached hydrogens (tertiary/aromatic N) is 2. The fourth-order valence-electron chi connectivity index (χ4n) is 1.40. The molecule has 3 nitrogen and oxygen atoms in total. The van der Waals surface area contributed by atoms with Gasteiger partial charge >= 0.3 is 0 Å². The van der Waals surface area contributed by atoms with Crippen LogP contribution in [0.2, 0.25) is 0 Å². The fraction of sp³-hybridized carbons (Fsp3) is 0.667. The van der Waals surface area contributed by atoms with Gasteiger partial charge in [-0.3, -0.25) is 4.98 Å². The van der Waals surface area contributed by atoms with Gasteiger partial charge in [0, 0.05) is 17.4 Å². The van der Waals surface area contributed by atoms with E-state index in [0.29, 0.717) is 17.3 Å². The van der Waals surface area contributed by atoms with Gasteiger partial charge < -0.3 is 4.74 Å². The topological polar surface area (TPSA) is 35.0 Å². The highest BCUT2D eigenvalue weighted by atomic mass is 79.9. The monoisotopic (exact) mass is 286 g/mol. The standard InChI is InChI=1S/C12H19BrN2O/c1-3-5-10(13)7-11-8-14-9-12(15-11)16-6-4-2/h8-10H,3-7H2,1-2H3. The minimum Gasteiger partial charge on any atom is -0.477 e. The van der Waals surface area contributed by atoms with Gasteiger partial charge in [0.25, 0.3) is 0 Å². The third-order valence-electron chi connectivity index (χ3n) is 2.15. The molecule has 16 heavy (non-hydrogen) atoms. The molecule has 4 heteroatoms. The molecular weight excluding hydrogens is 268 g/mol. The van der Waals surface area contributed by atoms with E-state index in [9.17, 15) is 0 Å². The number of rotatable bonds is 7. The van der Waals surface area contributed by atoms with Crippen molar-refractivity contribution in [3.05, 3.63) is 18.1 Å². The number of halogens is 1. The molecule has 0 bridgehead atoms. The SMILES string of the molecule is CCCOc1cncc(CC(Br)CCC)n1. The Morgan fingerprint density at radius 1 is 1.31 bits per heavy atom. The highest BCUT2D eigenvalue weighted by Gasteiger charge is 2.06. The van der Waals surface area contributed by atoms with E-state index in [1.165, 1.54) is 6.42 Å². The van der Waals surface area contributed by atoms with E-state index in [2.05, 4.69) is 39.7 Å². The molecule has 1 heterocycles. The van der Waals surface area contributed by atoms with Crippen LogP contribution in [0.25, 0.3) is 0 Å². The van der Waals surface area contributed by atoms with E-state index in [4.69, 9.17) is 4.74 Å². The Bertz CT molecular complexity index is 307. The van der Waals surface area contributed by atoms with Crippen molar-refractivity contribution in [1.82, 2.24) is 9.97 Å². The summed E-state index contributed by atoms with van der Waals surface area (Å²) < 4.78 is 5.45. The quantitative estimate of drug-likeness (QED) is 0.721. The smallest absolute Gasteiger partial charge is 0.232 e. The van der Waals surface area contributed by atoms with Gasteiger partial charge in [-0.05, 0) is 12.8 Å². The van der Waals surface area contributed by atoms with Crippen molar-refractivity contribution >= 4 is 15.9 Å². The summed E-state index contributed by atoms with van der Waals surface area (Å²) in [5.74, 6) is 0.635. The van der Waals surface area contributed by atoms with E-state index in [1.807, 2.05) is 6.20 Å². The average molecular weight is 287 g/mol. The zero-order chi connectivity index (χ0) is 11.8. The Labute approximate surface area is 106 Å². The molecule has 0 saturated heterocycles. The molecule has 1 rings (SSSR count). The van der Waals surface area contributed by atoms with Crippen LogP contribution >= 0.6 is 15.9 Å². The first-order valence-electron chi connectivity index (χ1n) is 5.84. The Hall–Kier alpha value is -0.640. The summed E-state index contributed by atoms with van der Waals surface area (Å²) in [6.07, 6.45) is 7.70. The van der Waals surface area contributed by atoms with Crippen molar-refractivity contribution in [2.45, 2.75) is 44.4 Å². The molecule has 1 unspecified atom stereocenters.